The molecule has 0 aromatic carbocycles. The van der Waals surface area contributed by atoms with E-state index in [2.05, 4.69) is 5.32 Å². The zero-order valence-corrected chi connectivity index (χ0v) is 12.3. The number of carbonyl (C=O) groups excluding carboxylic acids is 1. The van der Waals surface area contributed by atoms with Gasteiger partial charge in [-0.15, -0.1) is 0 Å². The van der Waals surface area contributed by atoms with Gasteiger partial charge in [-0.2, -0.15) is 0 Å². The third-order valence-corrected chi connectivity index (χ3v) is 6.09. The predicted octanol–water partition coefficient (Wildman–Crippen LogP) is 1.51. The summed E-state index contributed by atoms with van der Waals surface area (Å²) in [6.45, 7) is 0. The second-order valence-corrected chi connectivity index (χ2v) is 9.39. The summed E-state index contributed by atoms with van der Waals surface area (Å²) < 4.78 is 22.2. The lowest BCUT2D eigenvalue weighted by molar-refractivity contribution is -0.126. The molecule has 4 rings (SSSR count). The van der Waals surface area contributed by atoms with Crippen molar-refractivity contribution in [3.05, 3.63) is 0 Å². The maximum Gasteiger partial charge on any atom is 0.221 e. The van der Waals surface area contributed by atoms with Crippen molar-refractivity contribution in [2.45, 2.75) is 50.5 Å². The Morgan fingerprint density at radius 3 is 2.00 bits per heavy atom. The summed E-state index contributed by atoms with van der Waals surface area (Å²) in [5, 5.41) is 3.19. The number of hydrogen-bond acceptors (Lipinski definition) is 3. The van der Waals surface area contributed by atoms with Gasteiger partial charge in [-0.05, 0) is 56.3 Å². The molecule has 0 aromatic heterocycles. The molecule has 1 amide bonds. The molecule has 4 nitrogen and oxygen atoms in total. The third-order valence-electron chi connectivity index (χ3n) is 5.14. The van der Waals surface area contributed by atoms with Crippen LogP contribution in [0.1, 0.15) is 44.9 Å². The first-order valence-electron chi connectivity index (χ1n) is 7.32. The smallest absolute Gasteiger partial charge is 0.221 e. The van der Waals surface area contributed by atoms with Crippen molar-refractivity contribution < 1.29 is 13.2 Å². The van der Waals surface area contributed by atoms with Gasteiger partial charge in [0, 0.05) is 18.2 Å². The Bertz CT molecular complexity index is 448. The lowest BCUT2D eigenvalue weighted by Crippen LogP contribution is -2.59. The highest BCUT2D eigenvalue weighted by molar-refractivity contribution is 7.90. The monoisotopic (exact) mass is 285 g/mol. The Hall–Kier alpha value is -0.580. The SMILES string of the molecule is CS(=O)(=O)CCC(=O)NC12CC3CC(CC(C3)C1)C2. The van der Waals surface area contributed by atoms with Crippen molar-refractivity contribution in [2.75, 3.05) is 12.0 Å². The lowest BCUT2D eigenvalue weighted by Gasteiger charge is -2.56. The Morgan fingerprint density at radius 1 is 1.11 bits per heavy atom. The molecule has 0 unspecified atom stereocenters. The van der Waals surface area contributed by atoms with Gasteiger partial charge in [-0.1, -0.05) is 0 Å². The first-order valence-corrected chi connectivity index (χ1v) is 9.38. The molecule has 0 aromatic rings. The normalized spacial score (nSPS) is 40.4. The van der Waals surface area contributed by atoms with Gasteiger partial charge in [0.1, 0.15) is 9.84 Å². The van der Waals surface area contributed by atoms with Crippen molar-refractivity contribution in [2.24, 2.45) is 17.8 Å². The van der Waals surface area contributed by atoms with E-state index in [4.69, 9.17) is 0 Å². The summed E-state index contributed by atoms with van der Waals surface area (Å²) >= 11 is 0. The lowest BCUT2D eigenvalue weighted by atomic mass is 9.53. The summed E-state index contributed by atoms with van der Waals surface area (Å²) in [4.78, 5) is 12.0. The summed E-state index contributed by atoms with van der Waals surface area (Å²) in [5.74, 6) is 2.27. The Kier molecular flexibility index (Phi) is 3.15. The summed E-state index contributed by atoms with van der Waals surface area (Å²) in [6, 6.07) is 0. The van der Waals surface area contributed by atoms with Crippen LogP contribution in [0.4, 0.5) is 0 Å². The molecule has 1 N–H and O–H groups in total. The Labute approximate surface area is 115 Å². The van der Waals surface area contributed by atoms with Crippen molar-refractivity contribution in [1.82, 2.24) is 5.32 Å². The van der Waals surface area contributed by atoms with Crippen LogP contribution in [0, 0.1) is 17.8 Å². The quantitative estimate of drug-likeness (QED) is 0.851. The minimum atomic E-state index is -3.05. The first-order chi connectivity index (χ1) is 8.84. The molecule has 0 radical (unpaired) electrons. The molecule has 0 aliphatic heterocycles. The highest BCUT2D eigenvalue weighted by atomic mass is 32.2. The van der Waals surface area contributed by atoms with E-state index in [0.29, 0.717) is 0 Å². The summed E-state index contributed by atoms with van der Waals surface area (Å²) in [7, 11) is -3.05. The minimum Gasteiger partial charge on any atom is -0.351 e. The fourth-order valence-electron chi connectivity index (χ4n) is 4.90. The van der Waals surface area contributed by atoms with E-state index in [-0.39, 0.29) is 23.6 Å². The van der Waals surface area contributed by atoms with Gasteiger partial charge >= 0.3 is 0 Å². The van der Waals surface area contributed by atoms with E-state index in [0.717, 1.165) is 37.0 Å². The van der Waals surface area contributed by atoms with Crippen LogP contribution in [-0.2, 0) is 14.6 Å². The number of sulfone groups is 1. The highest BCUT2D eigenvalue weighted by Gasteiger charge is 2.51. The van der Waals surface area contributed by atoms with E-state index >= 15 is 0 Å². The molecule has 0 saturated heterocycles. The van der Waals surface area contributed by atoms with Crippen molar-refractivity contribution in [1.29, 1.82) is 0 Å². The number of carbonyl (C=O) groups is 1. The molecule has 4 saturated carbocycles. The molecule has 4 fully saturated rings. The maximum absolute atomic E-state index is 12.0. The number of rotatable bonds is 4. The van der Waals surface area contributed by atoms with Crippen LogP contribution in [0.2, 0.25) is 0 Å². The van der Waals surface area contributed by atoms with E-state index in [9.17, 15) is 13.2 Å². The van der Waals surface area contributed by atoms with Crippen LogP contribution in [0.3, 0.4) is 0 Å². The van der Waals surface area contributed by atoms with Crippen molar-refractivity contribution in [3.8, 4) is 0 Å². The van der Waals surface area contributed by atoms with E-state index in [1.165, 1.54) is 25.5 Å². The fraction of sp³-hybridized carbons (Fsp3) is 0.929. The minimum absolute atomic E-state index is 0.00331. The van der Waals surface area contributed by atoms with Gasteiger partial charge in [0.25, 0.3) is 0 Å². The average molecular weight is 285 g/mol. The molecule has 108 valence electrons. The zero-order valence-electron chi connectivity index (χ0n) is 11.5. The van der Waals surface area contributed by atoms with Gasteiger partial charge in [-0.25, -0.2) is 8.42 Å². The van der Waals surface area contributed by atoms with Gasteiger partial charge in [-0.3, -0.25) is 4.79 Å². The maximum atomic E-state index is 12.0. The van der Waals surface area contributed by atoms with Gasteiger partial charge in [0.2, 0.25) is 5.91 Å². The molecule has 4 bridgehead atoms. The van der Waals surface area contributed by atoms with Gasteiger partial charge in [0.15, 0.2) is 0 Å². The fourth-order valence-corrected chi connectivity index (χ4v) is 5.46. The van der Waals surface area contributed by atoms with Crippen molar-refractivity contribution >= 4 is 15.7 Å². The molecule has 4 aliphatic carbocycles. The molecule has 0 atom stereocenters. The zero-order chi connectivity index (χ0) is 13.7. The van der Waals surface area contributed by atoms with Crippen LogP contribution in [0.15, 0.2) is 0 Å². The van der Waals surface area contributed by atoms with Crippen LogP contribution in [0.5, 0.6) is 0 Å². The van der Waals surface area contributed by atoms with E-state index in [1.54, 1.807) is 0 Å². The molecule has 4 aliphatic rings. The third kappa shape index (κ3) is 2.96. The summed E-state index contributed by atoms with van der Waals surface area (Å²) in [5.41, 5.74) is 0.00331. The Morgan fingerprint density at radius 2 is 1.58 bits per heavy atom. The number of nitrogens with one attached hydrogen (secondary N) is 1. The topological polar surface area (TPSA) is 63.2 Å². The molecular formula is C14H23NO3S. The van der Waals surface area contributed by atoms with Crippen LogP contribution >= 0.6 is 0 Å². The summed E-state index contributed by atoms with van der Waals surface area (Å²) in [6.07, 6.45) is 8.68. The van der Waals surface area contributed by atoms with E-state index in [1.807, 2.05) is 0 Å². The van der Waals surface area contributed by atoms with E-state index < -0.39 is 9.84 Å². The standard InChI is InChI=1S/C14H23NO3S/c1-19(17,18)3-2-13(16)15-14-7-10-4-11(8-14)6-12(5-10)9-14/h10-12H,2-9H2,1H3,(H,15,16). The van der Waals surface area contributed by atoms with Crippen LogP contribution < -0.4 is 5.32 Å². The molecule has 0 heterocycles. The molecule has 0 spiro atoms. The van der Waals surface area contributed by atoms with Crippen molar-refractivity contribution in [3.63, 3.8) is 0 Å². The first kappa shape index (κ1) is 13.4. The average Bonchev–Trinajstić information content (AvgIpc) is 2.22. The highest BCUT2D eigenvalue weighted by Crippen LogP contribution is 2.55. The second kappa shape index (κ2) is 4.47. The van der Waals surface area contributed by atoms with Gasteiger partial charge < -0.3 is 5.32 Å². The largest absolute Gasteiger partial charge is 0.351 e. The number of amides is 1. The molecule has 19 heavy (non-hydrogen) atoms. The van der Waals surface area contributed by atoms with Gasteiger partial charge in [0.05, 0.1) is 5.75 Å². The number of hydrogen-bond donors (Lipinski definition) is 1. The van der Waals surface area contributed by atoms with Crippen LogP contribution in [-0.4, -0.2) is 31.9 Å². The second-order valence-electron chi connectivity index (χ2n) is 7.13. The molecular weight excluding hydrogens is 262 g/mol. The predicted molar refractivity (Wildman–Crippen MR) is 73.4 cm³/mol. The molecule has 5 heteroatoms. The van der Waals surface area contributed by atoms with Crippen LogP contribution in [0.25, 0.3) is 0 Å². The Balaban J connectivity index is 1.61.